The van der Waals surface area contributed by atoms with Gasteiger partial charge in [-0.25, -0.2) is 9.18 Å². The lowest BCUT2D eigenvalue weighted by atomic mass is 9.87. The van der Waals surface area contributed by atoms with E-state index in [-0.39, 0.29) is 6.54 Å². The fourth-order valence-corrected chi connectivity index (χ4v) is 3.43. The minimum absolute atomic E-state index is 0.0314. The summed E-state index contributed by atoms with van der Waals surface area (Å²) in [6.45, 7) is 1.82. The van der Waals surface area contributed by atoms with Crippen LogP contribution in [0.15, 0.2) is 42.5 Å². The van der Waals surface area contributed by atoms with Crippen molar-refractivity contribution in [1.29, 1.82) is 0 Å². The van der Waals surface area contributed by atoms with Gasteiger partial charge in [0.1, 0.15) is 11.4 Å². The predicted octanol–water partition coefficient (Wildman–Crippen LogP) is 4.49. The first-order valence-electron chi connectivity index (χ1n) is 7.71. The number of carbonyl (C=O) groups excluding carboxylic acids is 2. The van der Waals surface area contributed by atoms with Crippen LogP contribution in [-0.2, 0) is 16.9 Å². The fourth-order valence-electron chi connectivity index (χ4n) is 2.96. The zero-order valence-corrected chi connectivity index (χ0v) is 14.9. The molecular weight excluding hydrogens is 366 g/mol. The highest BCUT2D eigenvalue weighted by Gasteiger charge is 2.51. The van der Waals surface area contributed by atoms with Gasteiger partial charge in [0.25, 0.3) is 5.91 Å². The number of imide groups is 1. The second-order valence-corrected chi connectivity index (χ2v) is 6.67. The highest BCUT2D eigenvalue weighted by Crippen LogP contribution is 2.34. The van der Waals surface area contributed by atoms with E-state index in [0.717, 1.165) is 4.90 Å². The molecule has 2 aromatic carbocycles. The maximum Gasteiger partial charge on any atom is 0.325 e. The van der Waals surface area contributed by atoms with Crippen molar-refractivity contribution >= 4 is 35.1 Å². The van der Waals surface area contributed by atoms with E-state index in [1.54, 1.807) is 25.1 Å². The molecular formula is C18H15Cl2FN2O2. The number of rotatable bonds is 4. The van der Waals surface area contributed by atoms with Crippen molar-refractivity contribution in [2.45, 2.75) is 25.4 Å². The maximum atomic E-state index is 13.2. The zero-order chi connectivity index (χ0) is 18.2. The Morgan fingerprint density at radius 2 is 1.80 bits per heavy atom. The number of nitrogens with zero attached hydrogens (tertiary/aromatic N) is 1. The van der Waals surface area contributed by atoms with Crippen LogP contribution in [0.3, 0.4) is 0 Å². The molecule has 4 nitrogen and oxygen atoms in total. The molecule has 1 aliphatic heterocycles. The summed E-state index contributed by atoms with van der Waals surface area (Å²) >= 11 is 12.0. The third-order valence-corrected chi connectivity index (χ3v) is 4.97. The SMILES string of the molecule is CC[C@@]1(c2ccc(F)cc2)NC(=O)N(Cc2ccc(Cl)cc2Cl)C1=O. The first-order valence-corrected chi connectivity index (χ1v) is 8.47. The van der Waals surface area contributed by atoms with E-state index < -0.39 is 23.3 Å². The highest BCUT2D eigenvalue weighted by atomic mass is 35.5. The summed E-state index contributed by atoms with van der Waals surface area (Å²) in [4.78, 5) is 26.6. The number of hydrogen-bond donors (Lipinski definition) is 1. The average molecular weight is 381 g/mol. The van der Waals surface area contributed by atoms with Crippen LogP contribution in [0.25, 0.3) is 0 Å². The minimum atomic E-state index is -1.20. The van der Waals surface area contributed by atoms with Crippen molar-refractivity contribution in [3.8, 4) is 0 Å². The van der Waals surface area contributed by atoms with Crippen LogP contribution < -0.4 is 5.32 Å². The molecule has 1 fully saturated rings. The molecule has 0 unspecified atom stereocenters. The molecule has 3 rings (SSSR count). The van der Waals surface area contributed by atoms with E-state index in [1.807, 2.05) is 0 Å². The normalized spacial score (nSPS) is 20.1. The molecule has 1 heterocycles. The van der Waals surface area contributed by atoms with Crippen LogP contribution in [0, 0.1) is 5.82 Å². The van der Waals surface area contributed by atoms with Gasteiger partial charge >= 0.3 is 6.03 Å². The van der Waals surface area contributed by atoms with Gasteiger partial charge in [0, 0.05) is 10.0 Å². The zero-order valence-electron chi connectivity index (χ0n) is 13.4. The Labute approximate surface area is 154 Å². The van der Waals surface area contributed by atoms with E-state index in [0.29, 0.717) is 27.6 Å². The highest BCUT2D eigenvalue weighted by molar-refractivity contribution is 6.35. The van der Waals surface area contributed by atoms with Gasteiger partial charge in [0.15, 0.2) is 0 Å². The van der Waals surface area contributed by atoms with Crippen LogP contribution in [0.2, 0.25) is 10.0 Å². The summed E-state index contributed by atoms with van der Waals surface area (Å²) in [5.74, 6) is -0.797. The summed E-state index contributed by atoms with van der Waals surface area (Å²) in [7, 11) is 0. The first-order chi connectivity index (χ1) is 11.9. The molecule has 0 saturated carbocycles. The van der Waals surface area contributed by atoms with Crippen LogP contribution in [0.1, 0.15) is 24.5 Å². The Bertz CT molecular complexity index is 841. The van der Waals surface area contributed by atoms with Crippen LogP contribution in [0.5, 0.6) is 0 Å². The van der Waals surface area contributed by atoms with E-state index in [4.69, 9.17) is 23.2 Å². The number of hydrogen-bond acceptors (Lipinski definition) is 2. The lowest BCUT2D eigenvalue weighted by molar-refractivity contribution is -0.132. The molecule has 1 saturated heterocycles. The maximum absolute atomic E-state index is 13.2. The van der Waals surface area contributed by atoms with Gasteiger partial charge in [-0.3, -0.25) is 9.69 Å². The fraction of sp³-hybridized carbons (Fsp3) is 0.222. The van der Waals surface area contributed by atoms with Gasteiger partial charge in [0.05, 0.1) is 6.54 Å². The quantitative estimate of drug-likeness (QED) is 0.794. The van der Waals surface area contributed by atoms with Crippen LogP contribution >= 0.6 is 23.2 Å². The van der Waals surface area contributed by atoms with Crippen molar-refractivity contribution in [3.63, 3.8) is 0 Å². The molecule has 25 heavy (non-hydrogen) atoms. The number of carbonyl (C=O) groups is 2. The monoisotopic (exact) mass is 380 g/mol. The lowest BCUT2D eigenvalue weighted by Gasteiger charge is -2.25. The van der Waals surface area contributed by atoms with Crippen molar-refractivity contribution < 1.29 is 14.0 Å². The molecule has 0 aliphatic carbocycles. The van der Waals surface area contributed by atoms with E-state index in [2.05, 4.69) is 5.32 Å². The Kier molecular flexibility index (Phi) is 4.71. The van der Waals surface area contributed by atoms with Gasteiger partial charge < -0.3 is 5.32 Å². The molecule has 1 aliphatic rings. The van der Waals surface area contributed by atoms with Crippen molar-refractivity contribution in [2.75, 3.05) is 0 Å². The van der Waals surface area contributed by atoms with Crippen LogP contribution in [0.4, 0.5) is 9.18 Å². The number of urea groups is 1. The minimum Gasteiger partial charge on any atom is -0.319 e. The number of amides is 3. The van der Waals surface area contributed by atoms with Crippen LogP contribution in [-0.4, -0.2) is 16.8 Å². The predicted molar refractivity (Wildman–Crippen MR) is 93.9 cm³/mol. The van der Waals surface area contributed by atoms with Gasteiger partial charge in [-0.1, -0.05) is 48.3 Å². The lowest BCUT2D eigenvalue weighted by Crippen LogP contribution is -2.43. The van der Waals surface area contributed by atoms with Gasteiger partial charge in [0.2, 0.25) is 0 Å². The summed E-state index contributed by atoms with van der Waals surface area (Å²) in [6.07, 6.45) is 0.341. The molecule has 3 amide bonds. The number of halogens is 3. The molecule has 0 bridgehead atoms. The number of benzene rings is 2. The Balaban J connectivity index is 1.94. The summed E-state index contributed by atoms with van der Waals surface area (Å²) in [5, 5.41) is 3.60. The molecule has 2 aromatic rings. The Hall–Kier alpha value is -2.11. The standard InChI is InChI=1S/C18H15Cl2FN2O2/c1-2-18(12-4-7-14(21)8-5-12)16(24)23(17(25)22-18)10-11-3-6-13(19)9-15(11)20/h3-9H,2,10H2,1H3,(H,22,25)/t18-/m0/s1. The van der Waals surface area contributed by atoms with Crippen molar-refractivity contribution in [1.82, 2.24) is 10.2 Å². The van der Waals surface area contributed by atoms with Crippen molar-refractivity contribution in [2.24, 2.45) is 0 Å². The molecule has 1 atom stereocenters. The molecule has 0 radical (unpaired) electrons. The van der Waals surface area contributed by atoms with E-state index in [1.165, 1.54) is 24.3 Å². The van der Waals surface area contributed by atoms with Gasteiger partial charge in [-0.2, -0.15) is 0 Å². The van der Waals surface area contributed by atoms with Gasteiger partial charge in [-0.05, 0) is 41.8 Å². The smallest absolute Gasteiger partial charge is 0.319 e. The number of nitrogens with one attached hydrogen (secondary N) is 1. The summed E-state index contributed by atoms with van der Waals surface area (Å²) in [6, 6.07) is 9.93. The molecule has 7 heteroatoms. The second-order valence-electron chi connectivity index (χ2n) is 5.82. The topological polar surface area (TPSA) is 49.4 Å². The third-order valence-electron chi connectivity index (χ3n) is 4.39. The molecule has 130 valence electrons. The largest absolute Gasteiger partial charge is 0.325 e. The van der Waals surface area contributed by atoms with Crippen molar-refractivity contribution in [3.05, 3.63) is 69.5 Å². The molecule has 0 aromatic heterocycles. The molecule has 1 N–H and O–H groups in total. The van der Waals surface area contributed by atoms with E-state index in [9.17, 15) is 14.0 Å². The summed E-state index contributed by atoms with van der Waals surface area (Å²) < 4.78 is 13.2. The summed E-state index contributed by atoms with van der Waals surface area (Å²) in [5.41, 5.74) is -0.0519. The Morgan fingerprint density at radius 1 is 1.12 bits per heavy atom. The Morgan fingerprint density at radius 3 is 2.40 bits per heavy atom. The molecule has 0 spiro atoms. The second kappa shape index (κ2) is 6.65. The average Bonchev–Trinajstić information content (AvgIpc) is 2.82. The first kappa shape index (κ1) is 17.7. The van der Waals surface area contributed by atoms with Gasteiger partial charge in [-0.15, -0.1) is 0 Å². The van der Waals surface area contributed by atoms with E-state index >= 15 is 0 Å². The third kappa shape index (κ3) is 3.10.